The summed E-state index contributed by atoms with van der Waals surface area (Å²) in [5, 5.41) is 8.98. The van der Waals surface area contributed by atoms with Gasteiger partial charge in [0.2, 0.25) is 0 Å². The fourth-order valence-corrected chi connectivity index (χ4v) is 3.30. The molecule has 8 nitrogen and oxygen atoms in total. The van der Waals surface area contributed by atoms with Gasteiger partial charge < -0.3 is 14.8 Å². The summed E-state index contributed by atoms with van der Waals surface area (Å²) in [6, 6.07) is 1.69. The largest absolute Gasteiger partial charge is 0.489 e. The molecular weight excluding hydrogens is 403 g/mol. The number of esters is 1. The normalized spacial score (nSPS) is 13.9. The van der Waals surface area contributed by atoms with E-state index in [1.54, 1.807) is 14.0 Å². The zero-order valence-electron chi connectivity index (χ0n) is 16.1. The van der Waals surface area contributed by atoms with Gasteiger partial charge >= 0.3 is 12.0 Å². The van der Waals surface area contributed by atoms with Crippen molar-refractivity contribution in [3.63, 3.8) is 0 Å². The zero-order chi connectivity index (χ0) is 21.0. The van der Waals surface area contributed by atoms with Crippen molar-refractivity contribution in [3.8, 4) is 5.75 Å². The van der Waals surface area contributed by atoms with E-state index in [1.165, 1.54) is 16.9 Å². The minimum absolute atomic E-state index is 0.0289. The first-order chi connectivity index (χ1) is 13.9. The lowest BCUT2D eigenvalue weighted by molar-refractivity contribution is 0.0527. The van der Waals surface area contributed by atoms with Crippen LogP contribution in [0.2, 0.25) is 5.02 Å². The molecule has 156 valence electrons. The summed E-state index contributed by atoms with van der Waals surface area (Å²) in [5.41, 5.74) is -0.00826. The molecule has 0 atom stereocenters. The Morgan fingerprint density at radius 1 is 1.31 bits per heavy atom. The Balaban J connectivity index is 1.74. The smallest absolute Gasteiger partial charge is 0.343 e. The standard InChI is InChI=1S/C19H22ClFN4O4/c1-3-28-18(26)12-10-22-25(2)17(12)24-19(27)23-15-9-16(13(20)8-14(15)21)29-11-6-4-5-7-11/h8-11H,3-7H2,1-2H3,(H2,23,24,27). The number of nitrogens with zero attached hydrogens (tertiary/aromatic N) is 2. The van der Waals surface area contributed by atoms with Gasteiger partial charge in [0.05, 0.1) is 29.6 Å². The number of hydrogen-bond acceptors (Lipinski definition) is 5. The predicted molar refractivity (Wildman–Crippen MR) is 106 cm³/mol. The molecule has 0 radical (unpaired) electrons. The molecular formula is C19H22ClFN4O4. The van der Waals surface area contributed by atoms with Crippen molar-refractivity contribution in [2.75, 3.05) is 17.2 Å². The monoisotopic (exact) mass is 424 g/mol. The Labute approximate surface area is 172 Å². The summed E-state index contributed by atoms with van der Waals surface area (Å²) in [6.45, 7) is 1.85. The van der Waals surface area contributed by atoms with E-state index < -0.39 is 17.8 Å². The Morgan fingerprint density at radius 3 is 2.72 bits per heavy atom. The van der Waals surface area contributed by atoms with Gasteiger partial charge in [-0.3, -0.25) is 10.00 Å². The van der Waals surface area contributed by atoms with E-state index >= 15 is 0 Å². The number of rotatable bonds is 6. The summed E-state index contributed by atoms with van der Waals surface area (Å²) in [6.07, 6.45) is 5.28. The van der Waals surface area contributed by atoms with Crippen LogP contribution in [0.4, 0.5) is 20.7 Å². The highest BCUT2D eigenvalue weighted by molar-refractivity contribution is 6.32. The summed E-state index contributed by atoms with van der Waals surface area (Å²) < 4.78 is 26.4. The second kappa shape index (κ2) is 9.13. The van der Waals surface area contributed by atoms with E-state index in [9.17, 15) is 14.0 Å². The van der Waals surface area contributed by atoms with Crippen molar-refractivity contribution in [3.05, 3.63) is 34.7 Å². The van der Waals surface area contributed by atoms with Crippen LogP contribution in [0.3, 0.4) is 0 Å². The first-order valence-electron chi connectivity index (χ1n) is 9.31. The lowest BCUT2D eigenvalue weighted by Crippen LogP contribution is -2.23. The molecule has 0 spiro atoms. The molecule has 0 unspecified atom stereocenters. The number of urea groups is 1. The number of anilines is 2. The van der Waals surface area contributed by atoms with E-state index in [-0.39, 0.29) is 34.8 Å². The minimum atomic E-state index is -0.757. The summed E-state index contributed by atoms with van der Waals surface area (Å²) in [5.74, 6) is -0.902. The molecule has 0 bridgehead atoms. The van der Waals surface area contributed by atoms with Crippen LogP contribution in [0.1, 0.15) is 43.0 Å². The highest BCUT2D eigenvalue weighted by Gasteiger charge is 2.22. The quantitative estimate of drug-likeness (QED) is 0.672. The van der Waals surface area contributed by atoms with Crippen molar-refractivity contribution in [2.24, 2.45) is 7.05 Å². The van der Waals surface area contributed by atoms with E-state index in [1.807, 2.05) is 0 Å². The fourth-order valence-electron chi connectivity index (χ4n) is 3.11. The molecule has 1 fully saturated rings. The molecule has 3 rings (SSSR count). The molecule has 1 aliphatic carbocycles. The number of aryl methyl sites for hydroxylation is 1. The van der Waals surface area contributed by atoms with Crippen molar-refractivity contribution in [2.45, 2.75) is 38.7 Å². The van der Waals surface area contributed by atoms with E-state index in [0.29, 0.717) is 5.75 Å². The second-order valence-electron chi connectivity index (χ2n) is 6.62. The number of hydrogen-bond donors (Lipinski definition) is 2. The van der Waals surface area contributed by atoms with Gasteiger partial charge in [0.15, 0.2) is 0 Å². The Bertz CT molecular complexity index is 912. The van der Waals surface area contributed by atoms with Gasteiger partial charge in [-0.15, -0.1) is 0 Å². The number of aromatic nitrogens is 2. The zero-order valence-corrected chi connectivity index (χ0v) is 16.9. The van der Waals surface area contributed by atoms with Crippen LogP contribution in [0.5, 0.6) is 5.75 Å². The Kier molecular flexibility index (Phi) is 6.58. The van der Waals surface area contributed by atoms with Crippen LogP contribution >= 0.6 is 11.6 Å². The number of carbonyl (C=O) groups excluding carboxylic acids is 2. The van der Waals surface area contributed by atoms with E-state index in [0.717, 1.165) is 31.7 Å². The fraction of sp³-hybridized carbons (Fsp3) is 0.421. The Hall–Kier alpha value is -2.81. The lowest BCUT2D eigenvalue weighted by Gasteiger charge is -2.16. The Morgan fingerprint density at radius 2 is 2.03 bits per heavy atom. The average molecular weight is 425 g/mol. The summed E-state index contributed by atoms with van der Waals surface area (Å²) in [4.78, 5) is 24.4. The van der Waals surface area contributed by atoms with Gasteiger partial charge in [-0.1, -0.05) is 11.6 Å². The maximum absolute atomic E-state index is 14.3. The molecule has 1 heterocycles. The average Bonchev–Trinajstić information content (AvgIpc) is 3.30. The SMILES string of the molecule is CCOC(=O)c1cnn(C)c1NC(=O)Nc1cc(OC2CCCC2)c(Cl)cc1F. The minimum Gasteiger partial charge on any atom is -0.489 e. The lowest BCUT2D eigenvalue weighted by atomic mass is 10.2. The molecule has 2 N–H and O–H groups in total. The molecule has 10 heteroatoms. The van der Waals surface area contributed by atoms with Gasteiger partial charge in [0.1, 0.15) is 22.9 Å². The van der Waals surface area contributed by atoms with Crippen molar-refractivity contribution >= 4 is 35.1 Å². The van der Waals surface area contributed by atoms with Gasteiger partial charge in [0, 0.05) is 13.1 Å². The number of amides is 2. The van der Waals surface area contributed by atoms with Crippen LogP contribution in [0, 0.1) is 5.82 Å². The van der Waals surface area contributed by atoms with Crippen molar-refractivity contribution in [1.29, 1.82) is 0 Å². The van der Waals surface area contributed by atoms with Gasteiger partial charge in [-0.05, 0) is 38.7 Å². The summed E-state index contributed by atoms with van der Waals surface area (Å²) >= 11 is 6.08. The second-order valence-corrected chi connectivity index (χ2v) is 7.02. The van der Waals surface area contributed by atoms with Crippen LogP contribution in [0.25, 0.3) is 0 Å². The molecule has 1 aromatic heterocycles. The topological polar surface area (TPSA) is 94.5 Å². The van der Waals surface area contributed by atoms with Crippen LogP contribution < -0.4 is 15.4 Å². The molecule has 1 aliphatic rings. The summed E-state index contributed by atoms with van der Waals surface area (Å²) in [7, 11) is 1.55. The molecule has 1 saturated carbocycles. The molecule has 29 heavy (non-hydrogen) atoms. The van der Waals surface area contributed by atoms with Gasteiger partial charge in [-0.2, -0.15) is 5.10 Å². The van der Waals surface area contributed by atoms with Gasteiger partial charge in [-0.25, -0.2) is 14.0 Å². The number of benzene rings is 1. The van der Waals surface area contributed by atoms with Crippen molar-refractivity contribution in [1.82, 2.24) is 9.78 Å². The first-order valence-corrected chi connectivity index (χ1v) is 9.69. The molecule has 0 saturated heterocycles. The third kappa shape index (κ3) is 4.97. The highest BCUT2D eigenvalue weighted by atomic mass is 35.5. The number of carbonyl (C=O) groups is 2. The molecule has 2 amide bonds. The van der Waals surface area contributed by atoms with Gasteiger partial charge in [0.25, 0.3) is 0 Å². The molecule has 0 aliphatic heterocycles. The maximum Gasteiger partial charge on any atom is 0.343 e. The van der Waals surface area contributed by atoms with Crippen LogP contribution in [0.15, 0.2) is 18.3 Å². The molecule has 2 aromatic rings. The first kappa shape index (κ1) is 20.9. The maximum atomic E-state index is 14.3. The van der Waals surface area contributed by atoms with E-state index in [4.69, 9.17) is 21.1 Å². The van der Waals surface area contributed by atoms with Crippen LogP contribution in [-0.4, -0.2) is 34.5 Å². The number of halogens is 2. The predicted octanol–water partition coefficient (Wildman–Crippen LogP) is 4.35. The highest BCUT2D eigenvalue weighted by Crippen LogP contribution is 2.34. The van der Waals surface area contributed by atoms with Crippen molar-refractivity contribution < 1.29 is 23.5 Å². The van der Waals surface area contributed by atoms with Crippen LogP contribution in [-0.2, 0) is 11.8 Å². The third-order valence-corrected chi connectivity index (χ3v) is 4.83. The van der Waals surface area contributed by atoms with E-state index in [2.05, 4.69) is 15.7 Å². The number of ether oxygens (including phenoxy) is 2. The third-order valence-electron chi connectivity index (χ3n) is 4.53. The molecule has 1 aromatic carbocycles. The number of nitrogens with one attached hydrogen (secondary N) is 2.